The van der Waals surface area contributed by atoms with Crippen LogP contribution in [0.2, 0.25) is 0 Å². The van der Waals surface area contributed by atoms with E-state index in [1.807, 2.05) is 0 Å². The highest BCUT2D eigenvalue weighted by atomic mass is 79.9. The molecule has 0 saturated heterocycles. The number of amides is 1. The van der Waals surface area contributed by atoms with Gasteiger partial charge in [-0.25, -0.2) is 0 Å². The maximum Gasteiger partial charge on any atom is 0.436 e. The van der Waals surface area contributed by atoms with Crippen LogP contribution in [0, 0.1) is 6.92 Å². The molecule has 1 atom stereocenters. The van der Waals surface area contributed by atoms with Gasteiger partial charge in [0.1, 0.15) is 6.04 Å². The molecule has 0 fully saturated rings. The van der Waals surface area contributed by atoms with E-state index in [0.717, 1.165) is 4.68 Å². The number of nitrogens with one attached hydrogen (secondary N) is 1. The number of carbonyl (C=O) groups is 1. The lowest BCUT2D eigenvalue weighted by Gasteiger charge is -2.12. The number of nitrogens with zero attached hydrogens (tertiary/aromatic N) is 2. The molecule has 8 heteroatoms. The van der Waals surface area contributed by atoms with Crippen molar-refractivity contribution >= 4 is 21.8 Å². The van der Waals surface area contributed by atoms with Crippen molar-refractivity contribution < 1.29 is 18.0 Å². The third kappa shape index (κ3) is 2.62. The van der Waals surface area contributed by atoms with Gasteiger partial charge >= 0.3 is 6.18 Å². The Balaban J connectivity index is 3.25. The first-order valence-electron chi connectivity index (χ1n) is 4.73. The number of likely N-dealkylation sites (N-methyl/N-ethyl adjacent to an activating group) is 1. The Morgan fingerprint density at radius 1 is 1.53 bits per heavy atom. The summed E-state index contributed by atoms with van der Waals surface area (Å²) in [6.07, 6.45) is -4.54. The molecule has 1 N–H and O–H groups in total. The van der Waals surface area contributed by atoms with Gasteiger partial charge in [-0.2, -0.15) is 18.3 Å². The number of carbonyl (C=O) groups excluding carboxylic acids is 1. The molecule has 0 spiro atoms. The molecule has 0 saturated carbocycles. The van der Waals surface area contributed by atoms with Crippen LogP contribution in [0.5, 0.6) is 0 Å². The fourth-order valence-corrected chi connectivity index (χ4v) is 1.86. The number of hydrogen-bond donors (Lipinski definition) is 1. The summed E-state index contributed by atoms with van der Waals surface area (Å²) in [6, 6.07) is -0.799. The summed E-state index contributed by atoms with van der Waals surface area (Å²) < 4.78 is 38.7. The van der Waals surface area contributed by atoms with Crippen molar-refractivity contribution in [1.29, 1.82) is 0 Å². The van der Waals surface area contributed by atoms with Crippen LogP contribution < -0.4 is 5.32 Å². The molecule has 0 aromatic carbocycles. The second-order valence-electron chi connectivity index (χ2n) is 3.48. The average Bonchev–Trinajstić information content (AvgIpc) is 2.53. The zero-order valence-corrected chi connectivity index (χ0v) is 11.0. The molecule has 1 heterocycles. The quantitative estimate of drug-likeness (QED) is 0.910. The number of alkyl halides is 3. The summed E-state index contributed by atoms with van der Waals surface area (Å²) in [4.78, 5) is 11.4. The Bertz CT molecular complexity index is 441. The van der Waals surface area contributed by atoms with Gasteiger partial charge in [-0.3, -0.25) is 9.48 Å². The highest BCUT2D eigenvalue weighted by molar-refractivity contribution is 9.10. The van der Waals surface area contributed by atoms with E-state index in [0.29, 0.717) is 0 Å². The van der Waals surface area contributed by atoms with Crippen molar-refractivity contribution in [2.75, 3.05) is 7.05 Å². The predicted octanol–water partition coefficient (Wildman–Crippen LogP) is 2.28. The second-order valence-corrected chi connectivity index (χ2v) is 4.27. The molecule has 4 nitrogen and oxygen atoms in total. The predicted molar refractivity (Wildman–Crippen MR) is 58.4 cm³/mol. The normalized spacial score (nSPS) is 13.6. The molecule has 0 aliphatic rings. The monoisotopic (exact) mass is 313 g/mol. The van der Waals surface area contributed by atoms with E-state index in [2.05, 4.69) is 26.3 Å². The summed E-state index contributed by atoms with van der Waals surface area (Å²) in [5.41, 5.74) is -0.765. The summed E-state index contributed by atoms with van der Waals surface area (Å²) in [7, 11) is 1.41. The van der Waals surface area contributed by atoms with Crippen molar-refractivity contribution in [2.24, 2.45) is 0 Å². The Morgan fingerprint density at radius 2 is 2.06 bits per heavy atom. The molecule has 1 unspecified atom stereocenters. The van der Waals surface area contributed by atoms with E-state index in [9.17, 15) is 18.0 Å². The standard InChI is InChI=1S/C9H11BrF3N3O/c1-4-6(10)7(9(11,12)13)15-16(4)5(2)8(17)14-3/h5H,1-3H3,(H,14,17). The van der Waals surface area contributed by atoms with Crippen LogP contribution in [0.15, 0.2) is 4.47 Å². The van der Waals surface area contributed by atoms with Gasteiger partial charge in [-0.1, -0.05) is 0 Å². The Labute approximate surface area is 104 Å². The van der Waals surface area contributed by atoms with Crippen LogP contribution in [-0.2, 0) is 11.0 Å². The van der Waals surface area contributed by atoms with Crippen LogP contribution in [0.1, 0.15) is 24.4 Å². The largest absolute Gasteiger partial charge is 0.436 e. The van der Waals surface area contributed by atoms with Gasteiger partial charge < -0.3 is 5.32 Å². The SMILES string of the molecule is CNC(=O)C(C)n1nc(C(F)(F)F)c(Br)c1C. The van der Waals surface area contributed by atoms with E-state index in [1.54, 1.807) is 0 Å². The van der Waals surface area contributed by atoms with E-state index in [4.69, 9.17) is 0 Å². The Kier molecular flexibility index (Phi) is 3.85. The molecule has 1 rings (SSSR count). The third-order valence-corrected chi connectivity index (χ3v) is 3.29. The van der Waals surface area contributed by atoms with Gasteiger partial charge in [-0.05, 0) is 29.8 Å². The minimum absolute atomic E-state index is 0.138. The number of aromatic nitrogens is 2. The lowest BCUT2D eigenvalue weighted by Crippen LogP contribution is -2.29. The minimum atomic E-state index is -4.54. The molecular weight excluding hydrogens is 303 g/mol. The summed E-state index contributed by atoms with van der Waals surface area (Å²) >= 11 is 2.84. The Morgan fingerprint density at radius 3 is 2.41 bits per heavy atom. The van der Waals surface area contributed by atoms with Gasteiger partial charge in [0.15, 0.2) is 5.69 Å². The summed E-state index contributed by atoms with van der Waals surface area (Å²) in [6.45, 7) is 2.94. The Hall–Kier alpha value is -1.05. The van der Waals surface area contributed by atoms with E-state index in [1.165, 1.54) is 20.9 Å². The molecule has 96 valence electrons. The van der Waals surface area contributed by atoms with Crippen LogP contribution >= 0.6 is 15.9 Å². The maximum atomic E-state index is 12.6. The van der Waals surface area contributed by atoms with Gasteiger partial charge in [-0.15, -0.1) is 0 Å². The topological polar surface area (TPSA) is 46.9 Å². The maximum absolute atomic E-state index is 12.6. The van der Waals surface area contributed by atoms with Crippen LogP contribution in [-0.4, -0.2) is 22.7 Å². The molecule has 1 aromatic rings. The van der Waals surface area contributed by atoms with Crippen molar-refractivity contribution in [1.82, 2.24) is 15.1 Å². The van der Waals surface area contributed by atoms with Gasteiger partial charge in [0.25, 0.3) is 0 Å². The average molecular weight is 314 g/mol. The zero-order valence-electron chi connectivity index (χ0n) is 9.39. The fourth-order valence-electron chi connectivity index (χ4n) is 1.38. The first-order valence-corrected chi connectivity index (χ1v) is 5.52. The zero-order chi connectivity index (χ0) is 13.4. The van der Waals surface area contributed by atoms with E-state index >= 15 is 0 Å². The highest BCUT2D eigenvalue weighted by Gasteiger charge is 2.38. The first-order chi connectivity index (χ1) is 7.70. The van der Waals surface area contributed by atoms with Crippen molar-refractivity contribution in [3.8, 4) is 0 Å². The molecular formula is C9H11BrF3N3O. The van der Waals surface area contributed by atoms with Gasteiger partial charge in [0.05, 0.1) is 10.2 Å². The van der Waals surface area contributed by atoms with Crippen LogP contribution in [0.25, 0.3) is 0 Å². The molecule has 0 radical (unpaired) electrons. The fraction of sp³-hybridized carbons (Fsp3) is 0.556. The lowest BCUT2D eigenvalue weighted by atomic mass is 10.3. The van der Waals surface area contributed by atoms with Gasteiger partial charge in [0.2, 0.25) is 5.91 Å². The smallest absolute Gasteiger partial charge is 0.357 e. The summed E-state index contributed by atoms with van der Waals surface area (Å²) in [5, 5.41) is 5.80. The van der Waals surface area contributed by atoms with Crippen molar-refractivity contribution in [2.45, 2.75) is 26.1 Å². The molecule has 17 heavy (non-hydrogen) atoms. The number of halogens is 4. The summed E-state index contributed by atoms with van der Waals surface area (Å²) in [5.74, 6) is -0.406. The van der Waals surface area contributed by atoms with Crippen molar-refractivity contribution in [3.05, 3.63) is 15.9 Å². The second kappa shape index (κ2) is 4.67. The molecule has 1 amide bonds. The highest BCUT2D eigenvalue weighted by Crippen LogP contribution is 2.36. The minimum Gasteiger partial charge on any atom is -0.357 e. The third-order valence-electron chi connectivity index (χ3n) is 2.34. The number of hydrogen-bond acceptors (Lipinski definition) is 2. The van der Waals surface area contributed by atoms with E-state index in [-0.39, 0.29) is 10.2 Å². The van der Waals surface area contributed by atoms with E-state index < -0.39 is 23.8 Å². The lowest BCUT2D eigenvalue weighted by molar-refractivity contribution is -0.142. The van der Waals surface area contributed by atoms with Gasteiger partial charge in [0, 0.05) is 7.05 Å². The number of rotatable bonds is 2. The molecule has 0 aliphatic carbocycles. The van der Waals surface area contributed by atoms with Crippen LogP contribution in [0.4, 0.5) is 13.2 Å². The van der Waals surface area contributed by atoms with Crippen LogP contribution in [0.3, 0.4) is 0 Å². The molecule has 0 aliphatic heterocycles. The molecule has 1 aromatic heterocycles. The molecule has 0 bridgehead atoms. The van der Waals surface area contributed by atoms with Crippen molar-refractivity contribution in [3.63, 3.8) is 0 Å². The first kappa shape index (κ1) is 14.0.